The van der Waals surface area contributed by atoms with Gasteiger partial charge in [-0.2, -0.15) is 0 Å². The Morgan fingerprint density at radius 3 is 2.57 bits per heavy atom. The first-order chi connectivity index (χ1) is 11.2. The second kappa shape index (κ2) is 7.44. The molecule has 1 heterocycles. The van der Waals surface area contributed by atoms with Crippen molar-refractivity contribution in [3.63, 3.8) is 0 Å². The van der Waals surface area contributed by atoms with Crippen LogP contribution in [0.3, 0.4) is 0 Å². The fourth-order valence-corrected chi connectivity index (χ4v) is 3.15. The molecule has 4 nitrogen and oxygen atoms in total. The van der Waals surface area contributed by atoms with Crippen molar-refractivity contribution in [2.24, 2.45) is 0 Å². The molecule has 0 atom stereocenters. The molecule has 0 radical (unpaired) electrons. The van der Waals surface area contributed by atoms with Crippen molar-refractivity contribution in [3.8, 4) is 11.5 Å². The van der Waals surface area contributed by atoms with Crippen LogP contribution < -0.4 is 5.32 Å². The van der Waals surface area contributed by atoms with Crippen LogP contribution in [0.15, 0.2) is 34.7 Å². The van der Waals surface area contributed by atoms with Crippen molar-refractivity contribution in [2.75, 3.05) is 0 Å². The molecule has 1 aromatic heterocycles. The van der Waals surface area contributed by atoms with E-state index in [2.05, 4.69) is 10.3 Å². The Bertz CT molecular complexity index is 641. The number of benzene rings is 1. The van der Waals surface area contributed by atoms with Crippen molar-refractivity contribution in [3.05, 3.63) is 41.8 Å². The highest BCUT2D eigenvalue weighted by molar-refractivity contribution is 5.78. The Labute approximate surface area is 137 Å². The molecule has 1 amide bonds. The summed E-state index contributed by atoms with van der Waals surface area (Å²) in [6.45, 7) is 1.87. The smallest absolute Gasteiger partial charge is 0.226 e. The number of aryl methyl sites for hydroxylation is 1. The van der Waals surface area contributed by atoms with E-state index in [-0.39, 0.29) is 5.91 Å². The molecule has 4 heteroatoms. The van der Waals surface area contributed by atoms with E-state index in [1.807, 2.05) is 37.3 Å². The molecule has 122 valence electrons. The summed E-state index contributed by atoms with van der Waals surface area (Å²) in [5, 5.41) is 3.16. The van der Waals surface area contributed by atoms with E-state index in [1.165, 1.54) is 25.7 Å². The van der Waals surface area contributed by atoms with Gasteiger partial charge >= 0.3 is 0 Å². The van der Waals surface area contributed by atoms with E-state index in [4.69, 9.17) is 4.42 Å². The van der Waals surface area contributed by atoms with E-state index >= 15 is 0 Å². The molecular formula is C19H24N2O2. The predicted molar refractivity (Wildman–Crippen MR) is 90.0 cm³/mol. The van der Waals surface area contributed by atoms with E-state index in [1.54, 1.807) is 0 Å². The summed E-state index contributed by atoms with van der Waals surface area (Å²) in [5.74, 6) is 1.35. The average Bonchev–Trinajstić information content (AvgIpc) is 2.75. The number of nitrogens with zero attached hydrogens (tertiary/aromatic N) is 1. The minimum Gasteiger partial charge on any atom is -0.441 e. The number of carbonyl (C=O) groups is 1. The van der Waals surface area contributed by atoms with Gasteiger partial charge in [-0.05, 0) is 31.9 Å². The van der Waals surface area contributed by atoms with Gasteiger partial charge in [-0.15, -0.1) is 0 Å². The fourth-order valence-electron chi connectivity index (χ4n) is 3.15. The molecule has 1 aliphatic carbocycles. The van der Waals surface area contributed by atoms with Crippen LogP contribution in [0.2, 0.25) is 0 Å². The summed E-state index contributed by atoms with van der Waals surface area (Å²) in [7, 11) is 0. The molecule has 0 unspecified atom stereocenters. The molecule has 0 bridgehead atoms. The van der Waals surface area contributed by atoms with E-state index in [0.717, 1.165) is 29.9 Å². The zero-order chi connectivity index (χ0) is 16.1. The first-order valence-electron chi connectivity index (χ1n) is 8.53. The first kappa shape index (κ1) is 15.8. The monoisotopic (exact) mass is 312 g/mol. The summed E-state index contributed by atoms with van der Waals surface area (Å²) in [4.78, 5) is 16.8. The number of oxazole rings is 1. The van der Waals surface area contributed by atoms with Gasteiger partial charge in [0.15, 0.2) is 0 Å². The molecule has 2 aromatic rings. The maximum absolute atomic E-state index is 12.3. The number of hydrogen-bond acceptors (Lipinski definition) is 3. The second-order valence-electron chi connectivity index (χ2n) is 6.32. The number of carbonyl (C=O) groups excluding carboxylic acids is 1. The summed E-state index contributed by atoms with van der Waals surface area (Å²) in [5.41, 5.74) is 1.67. The van der Waals surface area contributed by atoms with Crippen LogP contribution in [0.4, 0.5) is 0 Å². The fraction of sp³-hybridized carbons (Fsp3) is 0.474. The Balaban J connectivity index is 1.63. The Hall–Kier alpha value is -2.10. The Kier molecular flexibility index (Phi) is 5.11. The highest BCUT2D eigenvalue weighted by Crippen LogP contribution is 2.22. The molecule has 1 fully saturated rings. The second-order valence-corrected chi connectivity index (χ2v) is 6.32. The molecule has 0 spiro atoms. The summed E-state index contributed by atoms with van der Waals surface area (Å²) >= 11 is 0. The zero-order valence-corrected chi connectivity index (χ0v) is 13.7. The van der Waals surface area contributed by atoms with Gasteiger partial charge in [0.1, 0.15) is 5.76 Å². The van der Waals surface area contributed by atoms with Gasteiger partial charge in [0.25, 0.3) is 0 Å². The lowest BCUT2D eigenvalue weighted by atomic mass is 10.1. The molecule has 1 saturated carbocycles. The third-order valence-corrected chi connectivity index (χ3v) is 4.46. The van der Waals surface area contributed by atoms with E-state index < -0.39 is 0 Å². The highest BCUT2D eigenvalue weighted by Gasteiger charge is 2.18. The minimum absolute atomic E-state index is 0.0490. The summed E-state index contributed by atoms with van der Waals surface area (Å²) < 4.78 is 5.72. The third-order valence-electron chi connectivity index (χ3n) is 4.46. The zero-order valence-electron chi connectivity index (χ0n) is 13.7. The van der Waals surface area contributed by atoms with E-state index in [9.17, 15) is 4.79 Å². The van der Waals surface area contributed by atoms with Crippen molar-refractivity contribution in [2.45, 2.75) is 57.9 Å². The van der Waals surface area contributed by atoms with Crippen molar-refractivity contribution in [1.82, 2.24) is 10.3 Å². The van der Waals surface area contributed by atoms with Gasteiger partial charge in [-0.1, -0.05) is 43.9 Å². The molecule has 1 aliphatic rings. The molecule has 1 N–H and O–H groups in total. The van der Waals surface area contributed by atoms with Crippen LogP contribution in [-0.2, 0) is 11.2 Å². The molecule has 23 heavy (non-hydrogen) atoms. The first-order valence-corrected chi connectivity index (χ1v) is 8.53. The number of amides is 1. The average molecular weight is 312 g/mol. The van der Waals surface area contributed by atoms with Gasteiger partial charge in [-0.25, -0.2) is 4.98 Å². The number of hydrogen-bond donors (Lipinski definition) is 1. The number of rotatable bonds is 4. The Morgan fingerprint density at radius 1 is 1.17 bits per heavy atom. The van der Waals surface area contributed by atoms with Crippen LogP contribution in [-0.4, -0.2) is 16.9 Å². The van der Waals surface area contributed by atoms with Crippen LogP contribution in [0.25, 0.3) is 11.5 Å². The molecule has 0 saturated heterocycles. The van der Waals surface area contributed by atoms with Crippen molar-refractivity contribution < 1.29 is 9.21 Å². The van der Waals surface area contributed by atoms with Crippen LogP contribution in [0, 0.1) is 6.92 Å². The van der Waals surface area contributed by atoms with Crippen molar-refractivity contribution >= 4 is 5.91 Å². The molecule has 3 rings (SSSR count). The third kappa shape index (κ3) is 4.21. The van der Waals surface area contributed by atoms with Crippen LogP contribution in [0.5, 0.6) is 0 Å². The lowest BCUT2D eigenvalue weighted by Crippen LogP contribution is -2.35. The maximum Gasteiger partial charge on any atom is 0.226 e. The lowest BCUT2D eigenvalue weighted by molar-refractivity contribution is -0.121. The van der Waals surface area contributed by atoms with Crippen LogP contribution in [0.1, 0.15) is 50.0 Å². The SMILES string of the molecule is Cc1oc(-c2ccccc2)nc1CC(=O)NC1CCCCCC1. The quantitative estimate of drug-likeness (QED) is 0.867. The number of nitrogens with one attached hydrogen (secondary N) is 1. The minimum atomic E-state index is 0.0490. The molecular weight excluding hydrogens is 288 g/mol. The standard InChI is InChI=1S/C19H24N2O2/c1-14-17(21-19(23-14)15-9-5-4-6-10-15)13-18(22)20-16-11-7-2-3-8-12-16/h4-6,9-10,16H,2-3,7-8,11-13H2,1H3,(H,20,22). The molecule has 1 aromatic carbocycles. The normalized spacial score (nSPS) is 16.0. The predicted octanol–water partition coefficient (Wildman–Crippen LogP) is 4.03. The Morgan fingerprint density at radius 2 is 1.87 bits per heavy atom. The molecule has 0 aliphatic heterocycles. The number of aromatic nitrogens is 1. The van der Waals surface area contributed by atoms with Crippen LogP contribution >= 0.6 is 0 Å². The van der Waals surface area contributed by atoms with Gasteiger partial charge in [0, 0.05) is 11.6 Å². The van der Waals surface area contributed by atoms with Gasteiger partial charge in [0.2, 0.25) is 11.8 Å². The van der Waals surface area contributed by atoms with Gasteiger partial charge in [0.05, 0.1) is 12.1 Å². The van der Waals surface area contributed by atoms with Crippen molar-refractivity contribution in [1.29, 1.82) is 0 Å². The highest BCUT2D eigenvalue weighted by atomic mass is 16.4. The van der Waals surface area contributed by atoms with Gasteiger partial charge < -0.3 is 9.73 Å². The summed E-state index contributed by atoms with van der Waals surface area (Å²) in [6, 6.07) is 10.1. The van der Waals surface area contributed by atoms with E-state index in [0.29, 0.717) is 18.4 Å². The topological polar surface area (TPSA) is 55.1 Å². The largest absolute Gasteiger partial charge is 0.441 e. The lowest BCUT2D eigenvalue weighted by Gasteiger charge is -2.15. The van der Waals surface area contributed by atoms with Gasteiger partial charge in [-0.3, -0.25) is 4.79 Å². The maximum atomic E-state index is 12.3. The summed E-state index contributed by atoms with van der Waals surface area (Å²) in [6.07, 6.45) is 7.48.